The van der Waals surface area contributed by atoms with Crippen LogP contribution in [0.3, 0.4) is 0 Å². The SMILES string of the molecule is CC[C@@](Cl)(C(=O)c1ccc(Br)cc1)S(C)(=O)=O. The van der Waals surface area contributed by atoms with Crippen LogP contribution >= 0.6 is 27.5 Å². The van der Waals surface area contributed by atoms with E-state index in [0.29, 0.717) is 0 Å². The summed E-state index contributed by atoms with van der Waals surface area (Å²) < 4.78 is 22.1. The van der Waals surface area contributed by atoms with Gasteiger partial charge in [0.2, 0.25) is 4.21 Å². The van der Waals surface area contributed by atoms with Gasteiger partial charge in [0.05, 0.1) is 0 Å². The predicted octanol–water partition coefficient (Wildman–Crippen LogP) is 3.02. The van der Waals surface area contributed by atoms with Crippen molar-refractivity contribution in [3.63, 3.8) is 0 Å². The van der Waals surface area contributed by atoms with E-state index in [9.17, 15) is 13.2 Å². The number of carbonyl (C=O) groups is 1. The number of hydrogen-bond donors (Lipinski definition) is 0. The zero-order valence-corrected chi connectivity index (χ0v) is 12.6. The van der Waals surface area contributed by atoms with Crippen LogP contribution in [0, 0.1) is 0 Å². The molecule has 0 aliphatic carbocycles. The first-order valence-corrected chi connectivity index (χ1v) is 7.97. The quantitative estimate of drug-likeness (QED) is 0.626. The molecule has 0 saturated carbocycles. The van der Waals surface area contributed by atoms with E-state index >= 15 is 0 Å². The fourth-order valence-corrected chi connectivity index (χ4v) is 2.76. The first-order chi connectivity index (χ1) is 7.72. The first kappa shape index (κ1) is 14.7. The second-order valence-electron chi connectivity index (χ2n) is 3.69. The summed E-state index contributed by atoms with van der Waals surface area (Å²) in [5, 5.41) is 0. The summed E-state index contributed by atoms with van der Waals surface area (Å²) >= 11 is 9.21. The number of hydrogen-bond acceptors (Lipinski definition) is 3. The third-order valence-electron chi connectivity index (χ3n) is 2.49. The summed E-state index contributed by atoms with van der Waals surface area (Å²) in [4.78, 5) is 12.1. The molecule has 0 aliphatic heterocycles. The number of carbonyl (C=O) groups excluding carboxylic acids is 1. The molecule has 0 radical (unpaired) electrons. The summed E-state index contributed by atoms with van der Waals surface area (Å²) in [7, 11) is -3.67. The Balaban J connectivity index is 3.24. The van der Waals surface area contributed by atoms with Gasteiger partial charge in [0.25, 0.3) is 0 Å². The monoisotopic (exact) mass is 338 g/mol. The first-order valence-electron chi connectivity index (χ1n) is 4.91. The van der Waals surface area contributed by atoms with Crippen molar-refractivity contribution in [2.45, 2.75) is 17.6 Å². The fourth-order valence-electron chi connectivity index (χ4n) is 1.41. The Kier molecular flexibility index (Phi) is 4.38. The molecule has 1 rings (SSSR count). The largest absolute Gasteiger partial charge is 0.291 e. The highest BCUT2D eigenvalue weighted by Crippen LogP contribution is 2.31. The summed E-state index contributed by atoms with van der Waals surface area (Å²) in [6, 6.07) is 6.43. The molecule has 0 fully saturated rings. The van der Waals surface area contributed by atoms with Crippen LogP contribution in [0.15, 0.2) is 28.7 Å². The standard InChI is InChI=1S/C11H12BrClO3S/c1-3-11(13,17(2,15)16)10(14)8-4-6-9(12)7-5-8/h4-7H,3H2,1-2H3/t11-/m0/s1. The van der Waals surface area contributed by atoms with Crippen molar-refractivity contribution >= 4 is 43.2 Å². The van der Waals surface area contributed by atoms with Gasteiger partial charge >= 0.3 is 0 Å². The summed E-state index contributed by atoms with van der Waals surface area (Å²) in [6.45, 7) is 1.57. The van der Waals surface area contributed by atoms with Crippen LogP contribution in [-0.2, 0) is 9.84 Å². The van der Waals surface area contributed by atoms with Crippen molar-refractivity contribution < 1.29 is 13.2 Å². The lowest BCUT2D eigenvalue weighted by atomic mass is 10.1. The van der Waals surface area contributed by atoms with Crippen LogP contribution in [0.5, 0.6) is 0 Å². The van der Waals surface area contributed by atoms with Crippen molar-refractivity contribution in [1.29, 1.82) is 0 Å². The van der Waals surface area contributed by atoms with Crippen molar-refractivity contribution in [2.75, 3.05) is 6.26 Å². The summed E-state index contributed by atoms with van der Waals surface area (Å²) in [5.41, 5.74) is 0.287. The van der Waals surface area contributed by atoms with E-state index in [0.717, 1.165) is 10.7 Å². The number of benzene rings is 1. The van der Waals surface area contributed by atoms with Crippen LogP contribution in [0.1, 0.15) is 23.7 Å². The van der Waals surface area contributed by atoms with Gasteiger partial charge in [0.1, 0.15) is 0 Å². The van der Waals surface area contributed by atoms with E-state index in [2.05, 4.69) is 15.9 Å². The lowest BCUT2D eigenvalue weighted by Gasteiger charge is -2.21. The minimum absolute atomic E-state index is 0.0300. The molecule has 3 nitrogen and oxygen atoms in total. The van der Waals surface area contributed by atoms with E-state index < -0.39 is 19.8 Å². The Morgan fingerprint density at radius 2 is 1.82 bits per heavy atom. The van der Waals surface area contributed by atoms with Crippen LogP contribution in [0.2, 0.25) is 0 Å². The van der Waals surface area contributed by atoms with Gasteiger partial charge in [-0.2, -0.15) is 0 Å². The van der Waals surface area contributed by atoms with E-state index in [1.165, 1.54) is 0 Å². The van der Waals surface area contributed by atoms with Gasteiger partial charge in [0, 0.05) is 16.3 Å². The molecule has 6 heteroatoms. The van der Waals surface area contributed by atoms with Gasteiger partial charge in [-0.25, -0.2) is 8.42 Å². The van der Waals surface area contributed by atoms with Crippen LogP contribution in [-0.4, -0.2) is 24.7 Å². The van der Waals surface area contributed by atoms with Crippen molar-refractivity contribution in [3.05, 3.63) is 34.3 Å². The number of rotatable bonds is 4. The lowest BCUT2D eigenvalue weighted by molar-refractivity contribution is 0.0970. The zero-order chi connectivity index (χ0) is 13.3. The molecule has 0 amide bonds. The average Bonchev–Trinajstić information content (AvgIpc) is 2.26. The maximum absolute atomic E-state index is 12.1. The second-order valence-corrected chi connectivity index (χ2v) is 7.72. The van der Waals surface area contributed by atoms with E-state index in [1.807, 2.05) is 0 Å². The second kappa shape index (κ2) is 5.08. The topological polar surface area (TPSA) is 51.2 Å². The highest BCUT2D eigenvalue weighted by Gasteiger charge is 2.44. The molecule has 0 heterocycles. The van der Waals surface area contributed by atoms with E-state index in [1.54, 1.807) is 31.2 Å². The highest BCUT2D eigenvalue weighted by molar-refractivity contribution is 9.10. The average molecular weight is 340 g/mol. The van der Waals surface area contributed by atoms with Gasteiger partial charge < -0.3 is 0 Å². The Morgan fingerprint density at radius 3 is 2.18 bits per heavy atom. The van der Waals surface area contributed by atoms with E-state index in [-0.39, 0.29) is 12.0 Å². The molecular formula is C11H12BrClO3S. The smallest absolute Gasteiger partial charge is 0.207 e. The van der Waals surface area contributed by atoms with Crippen molar-refractivity contribution in [3.8, 4) is 0 Å². The Hall–Kier alpha value is -0.390. The number of sulfone groups is 1. The minimum Gasteiger partial charge on any atom is -0.291 e. The Bertz CT molecular complexity index is 524. The van der Waals surface area contributed by atoms with Gasteiger partial charge in [-0.1, -0.05) is 46.6 Å². The van der Waals surface area contributed by atoms with E-state index in [4.69, 9.17) is 11.6 Å². The molecule has 0 aromatic heterocycles. The molecule has 0 saturated heterocycles. The van der Waals surface area contributed by atoms with Crippen LogP contribution in [0.4, 0.5) is 0 Å². The highest BCUT2D eigenvalue weighted by atomic mass is 79.9. The minimum atomic E-state index is -3.67. The van der Waals surface area contributed by atoms with Gasteiger partial charge in [-0.05, 0) is 18.6 Å². The molecule has 1 aromatic rings. The number of halogens is 2. The number of Topliss-reactive ketones (excluding diaryl/α,β-unsaturated/α-hetero) is 1. The van der Waals surface area contributed by atoms with Gasteiger partial charge in [0.15, 0.2) is 15.6 Å². The summed E-state index contributed by atoms with van der Waals surface area (Å²) in [5.74, 6) is -0.586. The van der Waals surface area contributed by atoms with Crippen molar-refractivity contribution in [1.82, 2.24) is 0 Å². The van der Waals surface area contributed by atoms with Gasteiger partial charge in [-0.3, -0.25) is 4.79 Å². The molecule has 0 spiro atoms. The van der Waals surface area contributed by atoms with Crippen molar-refractivity contribution in [2.24, 2.45) is 0 Å². The Morgan fingerprint density at radius 1 is 1.35 bits per heavy atom. The Labute approximate surface area is 114 Å². The lowest BCUT2D eigenvalue weighted by Crippen LogP contribution is -2.40. The molecular weight excluding hydrogens is 328 g/mol. The molecule has 0 unspecified atom stereocenters. The third kappa shape index (κ3) is 2.89. The molecule has 94 valence electrons. The molecule has 0 aliphatic rings. The maximum atomic E-state index is 12.1. The maximum Gasteiger partial charge on any atom is 0.207 e. The fraction of sp³-hybridized carbons (Fsp3) is 0.364. The van der Waals surface area contributed by atoms with Gasteiger partial charge in [-0.15, -0.1) is 0 Å². The predicted molar refractivity (Wildman–Crippen MR) is 72.2 cm³/mol. The molecule has 17 heavy (non-hydrogen) atoms. The molecule has 1 atom stereocenters. The number of alkyl halides is 1. The molecule has 0 bridgehead atoms. The zero-order valence-electron chi connectivity index (χ0n) is 9.41. The third-order valence-corrected chi connectivity index (χ3v) is 5.95. The van der Waals surface area contributed by atoms with Crippen LogP contribution in [0.25, 0.3) is 0 Å². The van der Waals surface area contributed by atoms with Crippen LogP contribution < -0.4 is 0 Å². The number of ketones is 1. The normalized spacial score (nSPS) is 15.3. The summed E-state index contributed by atoms with van der Waals surface area (Å²) in [6.07, 6.45) is 1.00. The molecule has 1 aromatic carbocycles. The molecule has 0 N–H and O–H groups in total.